The summed E-state index contributed by atoms with van der Waals surface area (Å²) < 4.78 is 48.0. The molecule has 1 N–H and O–H groups in total. The predicted octanol–water partition coefficient (Wildman–Crippen LogP) is 6.81. The second-order valence-corrected chi connectivity index (χ2v) is 15.3. The van der Waals surface area contributed by atoms with Gasteiger partial charge in [0.15, 0.2) is 6.23 Å². The van der Waals surface area contributed by atoms with Crippen LogP contribution in [-0.4, -0.2) is 91.6 Å². The van der Waals surface area contributed by atoms with E-state index >= 15 is 0 Å². The van der Waals surface area contributed by atoms with Crippen LogP contribution in [0.3, 0.4) is 0 Å². The van der Waals surface area contributed by atoms with Crippen LogP contribution in [0.15, 0.2) is 95.9 Å². The number of hydrogen-bond donors (Lipinski definition) is 1. The van der Waals surface area contributed by atoms with Crippen molar-refractivity contribution in [3.8, 4) is 11.5 Å². The lowest BCUT2D eigenvalue weighted by molar-refractivity contribution is -0.114. The van der Waals surface area contributed by atoms with E-state index in [-0.39, 0.29) is 43.6 Å². The fourth-order valence-corrected chi connectivity index (χ4v) is 8.73. The summed E-state index contributed by atoms with van der Waals surface area (Å²) in [6, 6.07) is 26.9. The molecule has 0 bridgehead atoms. The number of methoxy groups -OCH3 is 3. The number of ether oxygens (including phenoxy) is 5. The number of carbonyl (C=O) groups excluding carboxylic acids is 1. The number of hydrogen-bond acceptors (Lipinski definition) is 11. The first-order chi connectivity index (χ1) is 27.5. The Balaban J connectivity index is 1.65. The Labute approximate surface area is 335 Å². The Morgan fingerprint density at radius 3 is 1.98 bits per heavy atom. The number of nitrogens with zero attached hydrogens (tertiary/aromatic N) is 4. The lowest BCUT2D eigenvalue weighted by Crippen LogP contribution is -2.43. The van der Waals surface area contributed by atoms with Crippen molar-refractivity contribution in [1.29, 1.82) is 0 Å². The largest absolute Gasteiger partial charge is 0.497 e. The molecule has 0 radical (unpaired) electrons. The molecule has 15 heteroatoms. The zero-order valence-corrected chi connectivity index (χ0v) is 34.6. The molecule has 1 fully saturated rings. The number of carbonyl (C=O) groups is 1. The van der Waals surface area contributed by atoms with Crippen LogP contribution in [0, 0.1) is 6.57 Å². The molecule has 1 aromatic heterocycles. The van der Waals surface area contributed by atoms with Gasteiger partial charge in [0.2, 0.25) is 12.5 Å². The van der Waals surface area contributed by atoms with E-state index in [0.717, 1.165) is 16.7 Å². The van der Waals surface area contributed by atoms with E-state index in [2.05, 4.69) is 47.5 Å². The quantitative estimate of drug-likeness (QED) is 0.0464. The smallest absolute Gasteiger partial charge is 0.351 e. The van der Waals surface area contributed by atoms with E-state index in [0.29, 0.717) is 11.5 Å². The number of nitrogens with one attached hydrogen (secondary N) is 1. The third-order valence-corrected chi connectivity index (χ3v) is 11.6. The van der Waals surface area contributed by atoms with Gasteiger partial charge in [-0.25, -0.2) is 16.0 Å². The zero-order chi connectivity index (χ0) is 41.1. The molecule has 1 aliphatic heterocycles. The summed E-state index contributed by atoms with van der Waals surface area (Å²) in [7, 11) is 2.98. The summed E-state index contributed by atoms with van der Waals surface area (Å²) in [5.74, 6) is 1.11. The average Bonchev–Trinajstić information content (AvgIpc) is 3.54. The normalized spacial score (nSPS) is 18.8. The molecular weight excluding hydrogens is 749 g/mol. The minimum atomic E-state index is -1.78. The van der Waals surface area contributed by atoms with E-state index in [9.17, 15) is 9.59 Å². The molecule has 0 aliphatic carbocycles. The van der Waals surface area contributed by atoms with Gasteiger partial charge in [0, 0.05) is 32.3 Å². The van der Waals surface area contributed by atoms with Gasteiger partial charge in [-0.3, -0.25) is 9.36 Å². The molecule has 1 saturated heterocycles. The predicted molar refractivity (Wildman–Crippen MR) is 217 cm³/mol. The second-order valence-electron chi connectivity index (χ2n) is 13.9. The second kappa shape index (κ2) is 20.1. The van der Waals surface area contributed by atoms with Crippen LogP contribution < -0.4 is 20.5 Å². The molecular formula is C42H52N5O9P. The van der Waals surface area contributed by atoms with Crippen molar-refractivity contribution >= 4 is 20.3 Å². The maximum Gasteiger partial charge on any atom is 0.351 e. The molecule has 1 aliphatic rings. The molecule has 14 nitrogen and oxygen atoms in total. The SMILES string of the molecule is [C-]#[N+]CCOP(OC1C(OC)[C@H](n2ccc(NC(C)=O)nc2=O)O[C@@H]1COC(c1ccccc1)(c1ccc(OC)cc1)c1ccc(OC)cc1)N(C(C)C)C(C)C. The van der Waals surface area contributed by atoms with Crippen molar-refractivity contribution in [2.24, 2.45) is 0 Å². The fraction of sp³-hybridized carbons (Fsp3) is 0.429. The molecule has 5 rings (SSSR count). The van der Waals surface area contributed by atoms with Crippen molar-refractivity contribution in [2.75, 3.05) is 46.4 Å². The first-order valence-corrected chi connectivity index (χ1v) is 19.8. The molecule has 3 aromatic carbocycles. The van der Waals surface area contributed by atoms with Crippen molar-refractivity contribution in [3.05, 3.63) is 130 Å². The molecule has 2 heterocycles. The van der Waals surface area contributed by atoms with Gasteiger partial charge in [-0.15, -0.1) is 0 Å². The zero-order valence-electron chi connectivity index (χ0n) is 33.7. The summed E-state index contributed by atoms with van der Waals surface area (Å²) in [4.78, 5) is 32.9. The van der Waals surface area contributed by atoms with Crippen LogP contribution in [0.25, 0.3) is 4.85 Å². The van der Waals surface area contributed by atoms with Gasteiger partial charge in [0.05, 0.1) is 20.8 Å². The molecule has 4 aromatic rings. The minimum absolute atomic E-state index is 0.0156. The maximum atomic E-state index is 13.6. The van der Waals surface area contributed by atoms with Gasteiger partial charge >= 0.3 is 5.69 Å². The van der Waals surface area contributed by atoms with E-state index < -0.39 is 44.4 Å². The summed E-state index contributed by atoms with van der Waals surface area (Å²) in [6.07, 6.45) is -2.05. The van der Waals surface area contributed by atoms with Gasteiger partial charge in [-0.2, -0.15) is 4.98 Å². The minimum Gasteiger partial charge on any atom is -0.497 e. The third-order valence-electron chi connectivity index (χ3n) is 9.47. The van der Waals surface area contributed by atoms with Crippen molar-refractivity contribution in [3.63, 3.8) is 0 Å². The van der Waals surface area contributed by atoms with Gasteiger partial charge in [0.1, 0.15) is 47.8 Å². The number of rotatable bonds is 19. The van der Waals surface area contributed by atoms with Crippen LogP contribution in [-0.2, 0) is 33.7 Å². The lowest BCUT2D eigenvalue weighted by atomic mass is 9.80. The Hall–Kier alpha value is -4.71. The van der Waals surface area contributed by atoms with Gasteiger partial charge in [-0.05, 0) is 74.7 Å². The summed E-state index contributed by atoms with van der Waals surface area (Å²) in [6.45, 7) is 17.2. The molecule has 3 unspecified atom stereocenters. The standard InChI is InChI=1S/C42H52N5O9P/c1-28(2)47(29(3)4)57(54-26-24-43-6)56-38-36(55-40(39(38)52-9)46-25-23-37(44-30(5)48)45-41(46)49)27-53-42(31-13-11-10-12-14-31,32-15-19-34(50-7)20-16-32)33-17-21-35(51-8)22-18-33/h10-23,25,28-29,36,38-40H,24,26-27H2,1-5,7-9H3,(H,44,45,48,49)/t36-,38?,39?,40-,57?/m1/s1. The van der Waals surface area contributed by atoms with Crippen molar-refractivity contribution in [2.45, 2.75) is 76.8 Å². The first-order valence-electron chi connectivity index (χ1n) is 18.7. The number of benzene rings is 3. The van der Waals surface area contributed by atoms with Crippen LogP contribution in [0.4, 0.5) is 5.82 Å². The highest BCUT2D eigenvalue weighted by molar-refractivity contribution is 7.44. The third kappa shape index (κ3) is 10.1. The molecule has 0 spiro atoms. The van der Waals surface area contributed by atoms with Gasteiger partial charge < -0.3 is 42.9 Å². The van der Waals surface area contributed by atoms with Crippen LogP contribution >= 0.6 is 8.53 Å². The topological polar surface area (TPSA) is 136 Å². The monoisotopic (exact) mass is 801 g/mol. The molecule has 1 amide bonds. The number of aromatic nitrogens is 2. The Morgan fingerprint density at radius 2 is 1.49 bits per heavy atom. The summed E-state index contributed by atoms with van der Waals surface area (Å²) in [5, 5.41) is 2.55. The van der Waals surface area contributed by atoms with Crippen molar-refractivity contribution in [1.82, 2.24) is 14.2 Å². The highest BCUT2D eigenvalue weighted by Gasteiger charge is 2.51. The Kier molecular flexibility index (Phi) is 15.3. The van der Waals surface area contributed by atoms with Crippen LogP contribution in [0.1, 0.15) is 57.5 Å². The van der Waals surface area contributed by atoms with E-state index in [1.54, 1.807) is 14.2 Å². The highest BCUT2D eigenvalue weighted by Crippen LogP contribution is 2.51. The Morgan fingerprint density at radius 1 is 0.912 bits per heavy atom. The van der Waals surface area contributed by atoms with E-state index in [4.69, 9.17) is 39.3 Å². The van der Waals surface area contributed by atoms with Gasteiger partial charge in [0.25, 0.3) is 8.53 Å². The fourth-order valence-electron chi connectivity index (χ4n) is 6.98. The van der Waals surface area contributed by atoms with Crippen LogP contribution in [0.5, 0.6) is 11.5 Å². The van der Waals surface area contributed by atoms with E-state index in [1.165, 1.54) is 30.9 Å². The lowest BCUT2D eigenvalue weighted by Gasteiger charge is -2.39. The summed E-state index contributed by atoms with van der Waals surface area (Å²) >= 11 is 0. The maximum absolute atomic E-state index is 13.6. The first kappa shape index (κ1) is 43.4. The molecule has 304 valence electrons. The summed E-state index contributed by atoms with van der Waals surface area (Å²) in [5.41, 5.74) is 0.635. The van der Waals surface area contributed by atoms with Crippen LogP contribution in [0.2, 0.25) is 0 Å². The Bertz CT molecular complexity index is 1930. The molecule has 5 atom stereocenters. The number of amides is 1. The average molecular weight is 802 g/mol. The molecule has 0 saturated carbocycles. The van der Waals surface area contributed by atoms with Crippen molar-refractivity contribution < 1.29 is 37.5 Å². The van der Waals surface area contributed by atoms with E-state index in [1.807, 2.05) is 78.9 Å². The highest BCUT2D eigenvalue weighted by atomic mass is 31.2. The van der Waals surface area contributed by atoms with Gasteiger partial charge in [-0.1, -0.05) is 54.6 Å². The number of anilines is 1. The molecule has 57 heavy (non-hydrogen) atoms.